The molecule has 134 valence electrons. The predicted octanol–water partition coefficient (Wildman–Crippen LogP) is 3.95. The average Bonchev–Trinajstić information content (AvgIpc) is 3.01. The lowest BCUT2D eigenvalue weighted by Gasteiger charge is -2.24. The average molecular weight is 369 g/mol. The van der Waals surface area contributed by atoms with Crippen molar-refractivity contribution in [2.45, 2.75) is 26.5 Å². The van der Waals surface area contributed by atoms with Crippen molar-refractivity contribution in [2.75, 3.05) is 6.54 Å². The SMILES string of the molecule is CC(C)N(CC(=O)O)C(=O)c1ccc(-c2ccc(OC(F)F)cc2)s1. The fraction of sp³-hybridized carbons (Fsp3) is 0.294. The largest absolute Gasteiger partial charge is 0.480 e. The molecule has 0 saturated carbocycles. The summed E-state index contributed by atoms with van der Waals surface area (Å²) in [5, 5.41) is 8.94. The lowest BCUT2D eigenvalue weighted by Crippen LogP contribution is -2.40. The summed E-state index contributed by atoms with van der Waals surface area (Å²) in [7, 11) is 0. The zero-order valence-corrected chi connectivity index (χ0v) is 14.4. The molecule has 1 N–H and O–H groups in total. The maximum absolute atomic E-state index is 12.5. The van der Waals surface area contributed by atoms with Crippen LogP contribution < -0.4 is 4.74 Å². The molecule has 25 heavy (non-hydrogen) atoms. The molecule has 0 bridgehead atoms. The number of carbonyl (C=O) groups excluding carboxylic acids is 1. The number of nitrogens with zero attached hydrogens (tertiary/aromatic N) is 1. The van der Waals surface area contributed by atoms with Crippen LogP contribution in [0.25, 0.3) is 10.4 Å². The molecule has 1 heterocycles. The first kappa shape index (κ1) is 18.9. The smallest absolute Gasteiger partial charge is 0.387 e. The molecule has 0 aliphatic carbocycles. The minimum atomic E-state index is -2.88. The summed E-state index contributed by atoms with van der Waals surface area (Å²) >= 11 is 1.21. The van der Waals surface area contributed by atoms with Crippen LogP contribution in [0, 0.1) is 0 Å². The molecule has 5 nitrogen and oxygen atoms in total. The van der Waals surface area contributed by atoms with Crippen molar-refractivity contribution in [3.8, 4) is 16.2 Å². The van der Waals surface area contributed by atoms with E-state index in [1.54, 1.807) is 38.1 Å². The normalized spacial score (nSPS) is 11.0. The Kier molecular flexibility index (Phi) is 6.08. The van der Waals surface area contributed by atoms with Gasteiger partial charge in [-0.05, 0) is 55.8 Å². The van der Waals surface area contributed by atoms with Crippen LogP contribution in [0.2, 0.25) is 0 Å². The van der Waals surface area contributed by atoms with E-state index in [-0.39, 0.29) is 24.2 Å². The first-order chi connectivity index (χ1) is 11.8. The first-order valence-electron chi connectivity index (χ1n) is 7.45. The van der Waals surface area contributed by atoms with Crippen molar-refractivity contribution in [2.24, 2.45) is 0 Å². The van der Waals surface area contributed by atoms with Crippen LogP contribution in [-0.2, 0) is 4.79 Å². The van der Waals surface area contributed by atoms with E-state index < -0.39 is 12.6 Å². The van der Waals surface area contributed by atoms with Crippen LogP contribution in [0.5, 0.6) is 5.75 Å². The van der Waals surface area contributed by atoms with Gasteiger partial charge in [0.2, 0.25) is 0 Å². The Morgan fingerprint density at radius 2 is 1.80 bits per heavy atom. The van der Waals surface area contributed by atoms with Crippen molar-refractivity contribution in [3.05, 3.63) is 41.3 Å². The Bertz CT molecular complexity index is 743. The first-order valence-corrected chi connectivity index (χ1v) is 8.27. The summed E-state index contributed by atoms with van der Waals surface area (Å²) < 4.78 is 28.6. The number of carboxylic acid groups (broad SMARTS) is 1. The number of benzene rings is 1. The van der Waals surface area contributed by atoms with Gasteiger partial charge in [0.05, 0.1) is 4.88 Å². The third kappa shape index (κ3) is 4.99. The Morgan fingerprint density at radius 3 is 2.32 bits per heavy atom. The number of hydrogen-bond acceptors (Lipinski definition) is 4. The van der Waals surface area contributed by atoms with Gasteiger partial charge in [0.1, 0.15) is 12.3 Å². The summed E-state index contributed by atoms with van der Waals surface area (Å²) in [5.41, 5.74) is 0.750. The van der Waals surface area contributed by atoms with Crippen molar-refractivity contribution in [3.63, 3.8) is 0 Å². The van der Waals surface area contributed by atoms with Gasteiger partial charge in [-0.2, -0.15) is 8.78 Å². The van der Waals surface area contributed by atoms with E-state index in [0.29, 0.717) is 4.88 Å². The fourth-order valence-corrected chi connectivity index (χ4v) is 3.15. The minimum Gasteiger partial charge on any atom is -0.480 e. The highest BCUT2D eigenvalue weighted by Crippen LogP contribution is 2.30. The number of carboxylic acids is 1. The number of alkyl halides is 2. The second kappa shape index (κ2) is 8.06. The van der Waals surface area contributed by atoms with Gasteiger partial charge in [-0.3, -0.25) is 9.59 Å². The molecule has 2 aromatic rings. The third-order valence-corrected chi connectivity index (χ3v) is 4.49. The predicted molar refractivity (Wildman–Crippen MR) is 90.2 cm³/mol. The Labute approximate surface area is 147 Å². The quantitative estimate of drug-likeness (QED) is 0.802. The summed E-state index contributed by atoms with van der Waals surface area (Å²) in [6, 6.07) is 9.20. The molecule has 0 fully saturated rings. The van der Waals surface area contributed by atoms with Crippen LogP contribution in [0.1, 0.15) is 23.5 Å². The summed E-state index contributed by atoms with van der Waals surface area (Å²) in [5.74, 6) is -1.38. The molecule has 1 aromatic heterocycles. The van der Waals surface area contributed by atoms with Crippen molar-refractivity contribution in [1.82, 2.24) is 4.90 Å². The highest BCUT2D eigenvalue weighted by Gasteiger charge is 2.22. The lowest BCUT2D eigenvalue weighted by atomic mass is 10.2. The molecular weight excluding hydrogens is 352 g/mol. The van der Waals surface area contributed by atoms with Crippen LogP contribution in [0.15, 0.2) is 36.4 Å². The van der Waals surface area contributed by atoms with E-state index in [2.05, 4.69) is 4.74 Å². The summed E-state index contributed by atoms with van der Waals surface area (Å²) in [6.07, 6.45) is 0. The molecular formula is C17H17F2NO4S. The molecule has 0 radical (unpaired) electrons. The van der Waals surface area contributed by atoms with Crippen molar-refractivity contribution >= 4 is 23.2 Å². The topological polar surface area (TPSA) is 66.8 Å². The van der Waals surface area contributed by atoms with Crippen LogP contribution in [0.3, 0.4) is 0 Å². The van der Waals surface area contributed by atoms with E-state index >= 15 is 0 Å². The van der Waals surface area contributed by atoms with Gasteiger partial charge >= 0.3 is 12.6 Å². The molecule has 0 aliphatic rings. The standard InChI is InChI=1S/C17H17F2NO4S/c1-10(2)20(9-15(21)22)16(23)14-8-7-13(25-14)11-3-5-12(6-4-11)24-17(18)19/h3-8,10,17H,9H2,1-2H3,(H,21,22). The Balaban J connectivity index is 2.18. The van der Waals surface area contributed by atoms with Gasteiger partial charge in [-0.15, -0.1) is 11.3 Å². The second-order valence-electron chi connectivity index (χ2n) is 5.49. The zero-order valence-electron chi connectivity index (χ0n) is 13.6. The van der Waals surface area contributed by atoms with Crippen molar-refractivity contribution < 1.29 is 28.2 Å². The molecule has 2 rings (SSSR count). The number of carbonyl (C=O) groups is 2. The maximum Gasteiger partial charge on any atom is 0.387 e. The molecule has 0 aliphatic heterocycles. The van der Waals surface area contributed by atoms with E-state index in [9.17, 15) is 18.4 Å². The second-order valence-corrected chi connectivity index (χ2v) is 6.57. The number of ether oxygens (including phenoxy) is 1. The van der Waals surface area contributed by atoms with Crippen LogP contribution in [0.4, 0.5) is 8.78 Å². The third-order valence-electron chi connectivity index (χ3n) is 3.37. The molecule has 0 saturated heterocycles. The van der Waals surface area contributed by atoms with Crippen molar-refractivity contribution in [1.29, 1.82) is 0 Å². The van der Waals surface area contributed by atoms with Gasteiger partial charge in [0.15, 0.2) is 0 Å². The van der Waals surface area contributed by atoms with Gasteiger partial charge in [0.25, 0.3) is 5.91 Å². The minimum absolute atomic E-state index is 0.0547. The fourth-order valence-electron chi connectivity index (χ4n) is 2.18. The Morgan fingerprint density at radius 1 is 1.16 bits per heavy atom. The van der Waals surface area contributed by atoms with E-state index in [4.69, 9.17) is 5.11 Å². The van der Waals surface area contributed by atoms with Crippen LogP contribution >= 0.6 is 11.3 Å². The molecule has 0 spiro atoms. The zero-order chi connectivity index (χ0) is 18.6. The number of amides is 1. The highest BCUT2D eigenvalue weighted by molar-refractivity contribution is 7.17. The molecule has 0 unspecified atom stereocenters. The molecule has 1 aromatic carbocycles. The van der Waals surface area contributed by atoms with E-state index in [1.165, 1.54) is 28.4 Å². The van der Waals surface area contributed by atoms with Crippen LogP contribution in [-0.4, -0.2) is 41.1 Å². The molecule has 8 heteroatoms. The molecule has 0 atom stereocenters. The van der Waals surface area contributed by atoms with Gasteiger partial charge in [-0.1, -0.05) is 0 Å². The number of halogens is 2. The van der Waals surface area contributed by atoms with E-state index in [0.717, 1.165) is 10.4 Å². The lowest BCUT2D eigenvalue weighted by molar-refractivity contribution is -0.138. The van der Waals surface area contributed by atoms with Gasteiger partial charge in [-0.25, -0.2) is 0 Å². The highest BCUT2D eigenvalue weighted by atomic mass is 32.1. The Hall–Kier alpha value is -2.48. The summed E-state index contributed by atoms with van der Waals surface area (Å²) in [4.78, 5) is 25.9. The monoisotopic (exact) mass is 369 g/mol. The number of rotatable bonds is 7. The number of hydrogen-bond donors (Lipinski definition) is 1. The number of aliphatic carboxylic acids is 1. The van der Waals surface area contributed by atoms with Gasteiger partial charge in [0, 0.05) is 10.9 Å². The molecule has 1 amide bonds. The van der Waals surface area contributed by atoms with E-state index in [1.807, 2.05) is 0 Å². The van der Waals surface area contributed by atoms with Gasteiger partial charge < -0.3 is 14.7 Å². The maximum atomic E-state index is 12.5. The summed E-state index contributed by atoms with van der Waals surface area (Å²) in [6.45, 7) is 0.241. The number of thiophene rings is 1.